The number of carboxylic acid groups (broad SMARTS) is 1. The molecule has 4 nitrogen and oxygen atoms in total. The van der Waals surface area contributed by atoms with Crippen molar-refractivity contribution in [2.24, 2.45) is 5.73 Å². The van der Waals surface area contributed by atoms with Crippen LogP contribution in [-0.2, 0) is 4.79 Å². The summed E-state index contributed by atoms with van der Waals surface area (Å²) in [4.78, 5) is 10.3. The summed E-state index contributed by atoms with van der Waals surface area (Å²) in [5, 5.41) is 11.2. The van der Waals surface area contributed by atoms with E-state index >= 15 is 0 Å². The number of carbonyl (C=O) groups is 1. The lowest BCUT2D eigenvalue weighted by Crippen LogP contribution is -2.40. The van der Waals surface area contributed by atoms with Gasteiger partial charge in [0.05, 0.1) is 0 Å². The van der Waals surface area contributed by atoms with Crippen LogP contribution < -0.4 is 11.1 Å². The van der Waals surface area contributed by atoms with Crippen molar-refractivity contribution < 1.29 is 9.90 Å². The van der Waals surface area contributed by atoms with Crippen LogP contribution in [0.3, 0.4) is 0 Å². The summed E-state index contributed by atoms with van der Waals surface area (Å²) in [6, 6.07) is -0.577. The molecule has 0 aliphatic rings. The molecule has 10 heavy (non-hydrogen) atoms. The highest BCUT2D eigenvalue weighted by molar-refractivity contribution is 7.80. The van der Waals surface area contributed by atoms with E-state index in [4.69, 9.17) is 10.8 Å². The summed E-state index contributed by atoms with van der Waals surface area (Å²) in [7, 11) is 0. The molecule has 0 spiro atoms. The fourth-order valence-electron chi connectivity index (χ4n) is 0.488. The third-order valence-corrected chi connectivity index (χ3v) is 1.38. The molecule has 0 aromatic carbocycles. The van der Waals surface area contributed by atoms with Crippen LogP contribution in [0.1, 0.15) is 0 Å². The second kappa shape index (κ2) is 5.52. The topological polar surface area (TPSA) is 75.3 Å². The highest BCUT2D eigenvalue weighted by atomic mass is 32.1. The normalized spacial score (nSPS) is 13.0. The molecular formula is C5H12N2O2S. The van der Waals surface area contributed by atoms with Crippen LogP contribution in [0.4, 0.5) is 0 Å². The van der Waals surface area contributed by atoms with Gasteiger partial charge in [0.1, 0.15) is 6.04 Å². The van der Waals surface area contributed by atoms with E-state index < -0.39 is 12.0 Å². The summed E-state index contributed by atoms with van der Waals surface area (Å²) in [6.45, 7) is 0.953. The Kier molecular flexibility index (Phi) is 5.38. The number of hydrogen-bond donors (Lipinski definition) is 4. The van der Waals surface area contributed by atoms with E-state index in [0.717, 1.165) is 0 Å². The van der Waals surface area contributed by atoms with Gasteiger partial charge in [-0.2, -0.15) is 12.6 Å². The first-order valence-corrected chi connectivity index (χ1v) is 3.62. The van der Waals surface area contributed by atoms with Gasteiger partial charge in [0.25, 0.3) is 0 Å². The molecule has 0 saturated carbocycles. The van der Waals surface area contributed by atoms with Gasteiger partial charge in [0.2, 0.25) is 0 Å². The van der Waals surface area contributed by atoms with Gasteiger partial charge in [-0.15, -0.1) is 0 Å². The first-order valence-electron chi connectivity index (χ1n) is 2.99. The lowest BCUT2D eigenvalue weighted by atomic mass is 10.3. The molecule has 0 aliphatic carbocycles. The van der Waals surface area contributed by atoms with Gasteiger partial charge in [-0.1, -0.05) is 0 Å². The third-order valence-electron chi connectivity index (χ3n) is 1.02. The van der Waals surface area contributed by atoms with Crippen LogP contribution in [0.25, 0.3) is 0 Å². The monoisotopic (exact) mass is 164 g/mol. The molecular weight excluding hydrogens is 152 g/mol. The predicted octanol–water partition coefficient (Wildman–Crippen LogP) is -1.08. The SMILES string of the molecule is NCCN[C@@H](CS)C(=O)O. The second-order valence-electron chi connectivity index (χ2n) is 1.82. The number of nitrogens with two attached hydrogens (primary N) is 1. The Morgan fingerprint density at radius 1 is 1.80 bits per heavy atom. The minimum absolute atomic E-state index is 0.287. The quantitative estimate of drug-likeness (QED) is 0.390. The molecule has 1 atom stereocenters. The summed E-state index contributed by atoms with van der Waals surface area (Å²) in [6.07, 6.45) is 0. The standard InChI is InChI=1S/C5H12N2O2S/c6-1-2-7-4(3-10)5(8)9/h4,7,10H,1-3,6H2,(H,8,9)/t4-/m0/s1. The van der Waals surface area contributed by atoms with Crippen LogP contribution in [0.15, 0.2) is 0 Å². The van der Waals surface area contributed by atoms with E-state index in [1.807, 2.05) is 0 Å². The van der Waals surface area contributed by atoms with Crippen molar-refractivity contribution in [3.8, 4) is 0 Å². The zero-order valence-corrected chi connectivity index (χ0v) is 6.47. The number of hydrogen-bond acceptors (Lipinski definition) is 4. The molecule has 0 unspecified atom stereocenters. The van der Waals surface area contributed by atoms with Crippen LogP contribution in [0.5, 0.6) is 0 Å². The van der Waals surface area contributed by atoms with Crippen LogP contribution in [-0.4, -0.2) is 36.0 Å². The third kappa shape index (κ3) is 3.71. The van der Waals surface area contributed by atoms with Gasteiger partial charge in [0.15, 0.2) is 0 Å². The minimum atomic E-state index is -0.886. The van der Waals surface area contributed by atoms with E-state index in [0.29, 0.717) is 13.1 Å². The molecule has 0 bridgehead atoms. The Morgan fingerprint density at radius 2 is 2.40 bits per heavy atom. The summed E-state index contributed by atoms with van der Waals surface area (Å²) in [5.41, 5.74) is 5.15. The molecule has 0 saturated heterocycles. The van der Waals surface area contributed by atoms with Gasteiger partial charge < -0.3 is 16.2 Å². The largest absolute Gasteiger partial charge is 0.480 e. The zero-order chi connectivity index (χ0) is 7.98. The Balaban J connectivity index is 3.50. The van der Waals surface area contributed by atoms with Crippen molar-refractivity contribution in [1.29, 1.82) is 0 Å². The van der Waals surface area contributed by atoms with Crippen molar-refractivity contribution in [2.45, 2.75) is 6.04 Å². The Morgan fingerprint density at radius 3 is 2.70 bits per heavy atom. The number of thiol groups is 1. The van der Waals surface area contributed by atoms with Gasteiger partial charge in [-0.05, 0) is 0 Å². The lowest BCUT2D eigenvalue weighted by Gasteiger charge is -2.09. The average Bonchev–Trinajstić information content (AvgIpc) is 1.89. The summed E-state index contributed by atoms with van der Waals surface area (Å²) >= 11 is 3.84. The molecule has 0 fully saturated rings. The van der Waals surface area contributed by atoms with Crippen LogP contribution >= 0.6 is 12.6 Å². The molecule has 0 aromatic rings. The molecule has 0 heterocycles. The van der Waals surface area contributed by atoms with E-state index in [-0.39, 0.29) is 5.75 Å². The molecule has 0 rings (SSSR count). The fourth-order valence-corrected chi connectivity index (χ4v) is 0.773. The Hall–Kier alpha value is -0.260. The van der Waals surface area contributed by atoms with E-state index in [1.165, 1.54) is 0 Å². The van der Waals surface area contributed by atoms with Crippen molar-refractivity contribution >= 4 is 18.6 Å². The highest BCUT2D eigenvalue weighted by Gasteiger charge is 2.12. The fraction of sp³-hybridized carbons (Fsp3) is 0.800. The molecule has 0 radical (unpaired) electrons. The Bertz CT molecular complexity index is 110. The summed E-state index contributed by atoms with van der Waals surface area (Å²) < 4.78 is 0. The van der Waals surface area contributed by atoms with Gasteiger partial charge in [0, 0.05) is 18.8 Å². The minimum Gasteiger partial charge on any atom is -0.480 e. The van der Waals surface area contributed by atoms with Crippen molar-refractivity contribution in [3.63, 3.8) is 0 Å². The summed E-state index contributed by atoms with van der Waals surface area (Å²) in [5.74, 6) is -0.599. The molecule has 0 amide bonds. The predicted molar refractivity (Wildman–Crippen MR) is 42.3 cm³/mol. The van der Waals surface area contributed by atoms with Crippen molar-refractivity contribution in [3.05, 3.63) is 0 Å². The van der Waals surface area contributed by atoms with Gasteiger partial charge in [-0.3, -0.25) is 4.79 Å². The second-order valence-corrected chi connectivity index (χ2v) is 2.18. The average molecular weight is 164 g/mol. The maximum atomic E-state index is 10.3. The maximum absolute atomic E-state index is 10.3. The van der Waals surface area contributed by atoms with E-state index in [9.17, 15) is 4.79 Å². The molecule has 5 heteroatoms. The maximum Gasteiger partial charge on any atom is 0.321 e. The first-order chi connectivity index (χ1) is 4.72. The highest BCUT2D eigenvalue weighted by Crippen LogP contribution is 1.86. The van der Waals surface area contributed by atoms with Crippen molar-refractivity contribution in [1.82, 2.24) is 5.32 Å². The number of nitrogens with one attached hydrogen (secondary N) is 1. The number of rotatable bonds is 5. The lowest BCUT2D eigenvalue weighted by molar-refractivity contribution is -0.138. The molecule has 4 N–H and O–H groups in total. The first kappa shape index (κ1) is 9.74. The van der Waals surface area contributed by atoms with Gasteiger partial charge >= 0.3 is 5.97 Å². The van der Waals surface area contributed by atoms with Crippen LogP contribution in [0, 0.1) is 0 Å². The molecule has 60 valence electrons. The number of aliphatic carboxylic acids is 1. The Labute approximate surface area is 65.2 Å². The zero-order valence-electron chi connectivity index (χ0n) is 5.58. The number of carboxylic acids is 1. The van der Waals surface area contributed by atoms with E-state index in [1.54, 1.807) is 0 Å². The molecule has 0 aromatic heterocycles. The smallest absolute Gasteiger partial charge is 0.321 e. The molecule has 0 aliphatic heterocycles. The van der Waals surface area contributed by atoms with Crippen LogP contribution in [0.2, 0.25) is 0 Å². The van der Waals surface area contributed by atoms with E-state index in [2.05, 4.69) is 17.9 Å². The van der Waals surface area contributed by atoms with Gasteiger partial charge in [-0.25, -0.2) is 0 Å². The van der Waals surface area contributed by atoms with Crippen molar-refractivity contribution in [2.75, 3.05) is 18.8 Å².